The zero-order valence-electron chi connectivity index (χ0n) is 19.6. The lowest BCUT2D eigenvalue weighted by Crippen LogP contribution is -2.79. The molecule has 4 N–H and O–H groups in total. The van der Waals surface area contributed by atoms with E-state index in [0.29, 0.717) is 23.2 Å². The van der Waals surface area contributed by atoms with Gasteiger partial charge in [-0.15, -0.1) is 0 Å². The first-order valence-corrected chi connectivity index (χ1v) is 12.2. The van der Waals surface area contributed by atoms with Crippen LogP contribution in [0.3, 0.4) is 0 Å². The Bertz CT molecular complexity index is 463. The first kappa shape index (κ1) is 22.5. The van der Waals surface area contributed by atoms with Crippen LogP contribution in [0.5, 0.6) is 0 Å². The first-order valence-electron chi connectivity index (χ1n) is 12.2. The highest BCUT2D eigenvalue weighted by Gasteiger charge is 2.61. The molecule has 3 aliphatic rings. The minimum absolute atomic E-state index is 0.229. The van der Waals surface area contributed by atoms with Gasteiger partial charge in [-0.2, -0.15) is 0 Å². The van der Waals surface area contributed by atoms with E-state index in [4.69, 9.17) is 0 Å². The summed E-state index contributed by atoms with van der Waals surface area (Å²) in [5.74, 6) is 0. The predicted octanol–water partition coefficient (Wildman–Crippen LogP) is 4.10. The highest BCUT2D eigenvalue weighted by atomic mass is 15.2. The minimum atomic E-state index is 0.229. The summed E-state index contributed by atoms with van der Waals surface area (Å²) in [6, 6.07) is 1.32. The van der Waals surface area contributed by atoms with Crippen molar-refractivity contribution < 1.29 is 0 Å². The second kappa shape index (κ2) is 8.53. The van der Waals surface area contributed by atoms with Gasteiger partial charge in [-0.25, -0.2) is 0 Å². The van der Waals surface area contributed by atoms with Crippen molar-refractivity contribution in [3.8, 4) is 0 Å². The number of piperidine rings is 2. The summed E-state index contributed by atoms with van der Waals surface area (Å²) < 4.78 is 0. The molecule has 0 bridgehead atoms. The van der Waals surface area contributed by atoms with E-state index in [1.54, 1.807) is 0 Å². The Morgan fingerprint density at radius 2 is 1.07 bits per heavy atom. The van der Waals surface area contributed by atoms with E-state index < -0.39 is 0 Å². The van der Waals surface area contributed by atoms with Gasteiger partial charge in [0.05, 0.1) is 0 Å². The van der Waals surface area contributed by atoms with Gasteiger partial charge >= 0.3 is 0 Å². The van der Waals surface area contributed by atoms with Crippen LogP contribution in [0, 0.1) is 0 Å². The maximum atomic E-state index is 4.09. The molecule has 0 aromatic rings. The van der Waals surface area contributed by atoms with Crippen LogP contribution in [-0.2, 0) is 0 Å². The second-order valence-corrected chi connectivity index (χ2v) is 11.8. The molecule has 0 amide bonds. The maximum absolute atomic E-state index is 4.09. The fraction of sp³-hybridized carbons (Fsp3) is 1.00. The van der Waals surface area contributed by atoms with Gasteiger partial charge in [0.25, 0.3) is 0 Å². The molecule has 2 spiro atoms. The normalized spacial score (nSPS) is 39.2. The number of nitrogens with one attached hydrogen (secondary N) is 4. The van der Waals surface area contributed by atoms with Crippen LogP contribution < -0.4 is 21.3 Å². The quantitative estimate of drug-likeness (QED) is 0.470. The van der Waals surface area contributed by atoms with Gasteiger partial charge in [-0.05, 0) is 92.2 Å². The first-order chi connectivity index (χ1) is 13.1. The number of rotatable bonds is 8. The third-order valence-corrected chi connectivity index (χ3v) is 7.28. The van der Waals surface area contributed by atoms with E-state index in [2.05, 4.69) is 62.8 Å². The van der Waals surface area contributed by atoms with Crippen LogP contribution in [-0.4, -0.2) is 47.3 Å². The number of hydrogen-bond acceptors (Lipinski definition) is 4. The maximum Gasteiger partial charge on any atom is 0.0236 e. The van der Waals surface area contributed by atoms with E-state index in [0.717, 1.165) is 0 Å². The molecule has 0 radical (unpaired) electrons. The summed E-state index contributed by atoms with van der Waals surface area (Å²) >= 11 is 0. The molecule has 0 aromatic heterocycles. The molecule has 1 saturated carbocycles. The molecule has 2 unspecified atom stereocenters. The van der Waals surface area contributed by atoms with Gasteiger partial charge in [-0.1, -0.05) is 26.7 Å². The van der Waals surface area contributed by atoms with Crippen LogP contribution in [0.25, 0.3) is 0 Å². The summed E-state index contributed by atoms with van der Waals surface area (Å²) in [6.45, 7) is 16.5. The van der Waals surface area contributed by atoms with E-state index >= 15 is 0 Å². The van der Waals surface area contributed by atoms with Crippen molar-refractivity contribution >= 4 is 0 Å². The fourth-order valence-corrected chi connectivity index (χ4v) is 6.92. The molecule has 3 rings (SSSR count). The molecule has 0 aromatic carbocycles. The van der Waals surface area contributed by atoms with Crippen LogP contribution in [0.2, 0.25) is 0 Å². The molecule has 2 aliphatic heterocycles. The number of unbranched alkanes of at least 4 members (excludes halogenated alkanes) is 2. The van der Waals surface area contributed by atoms with Crippen molar-refractivity contribution in [2.75, 3.05) is 13.1 Å². The molecule has 4 nitrogen and oxygen atoms in total. The zero-order valence-corrected chi connectivity index (χ0v) is 19.6. The molecule has 2 atom stereocenters. The van der Waals surface area contributed by atoms with E-state index in [9.17, 15) is 0 Å². The molecule has 2 saturated heterocycles. The molecule has 4 heteroatoms. The smallest absolute Gasteiger partial charge is 0.0236 e. The zero-order chi connectivity index (χ0) is 20.5. The highest BCUT2D eigenvalue weighted by Crippen LogP contribution is 2.53. The lowest BCUT2D eigenvalue weighted by atomic mass is 9.53. The van der Waals surface area contributed by atoms with Gasteiger partial charge in [0.1, 0.15) is 0 Å². The summed E-state index contributed by atoms with van der Waals surface area (Å²) in [5, 5.41) is 15.9. The highest BCUT2D eigenvalue weighted by molar-refractivity contribution is 5.22. The van der Waals surface area contributed by atoms with E-state index in [1.165, 1.54) is 77.3 Å². The topological polar surface area (TPSA) is 48.1 Å². The summed E-state index contributed by atoms with van der Waals surface area (Å²) in [7, 11) is 0. The molecule has 164 valence electrons. The van der Waals surface area contributed by atoms with Crippen molar-refractivity contribution in [3.05, 3.63) is 0 Å². The van der Waals surface area contributed by atoms with Crippen molar-refractivity contribution in [3.63, 3.8) is 0 Å². The SMILES string of the molecule is CCCCNC1CC(C)(C)NC2(C1)CC1(CC(NCCCC)CC(C)(C)N1)C2. The molecular weight excluding hydrogens is 344 g/mol. The van der Waals surface area contributed by atoms with E-state index in [-0.39, 0.29) is 11.1 Å². The summed E-state index contributed by atoms with van der Waals surface area (Å²) in [5.41, 5.74) is 1.10. The Hall–Kier alpha value is -0.160. The van der Waals surface area contributed by atoms with Crippen LogP contribution in [0.15, 0.2) is 0 Å². The van der Waals surface area contributed by atoms with Gasteiger partial charge in [0.2, 0.25) is 0 Å². The largest absolute Gasteiger partial charge is 0.314 e. The predicted molar refractivity (Wildman–Crippen MR) is 121 cm³/mol. The summed E-state index contributed by atoms with van der Waals surface area (Å²) in [4.78, 5) is 0. The molecule has 3 fully saturated rings. The lowest BCUT2D eigenvalue weighted by molar-refractivity contribution is -0.0570. The fourth-order valence-electron chi connectivity index (χ4n) is 6.92. The molecule has 1 aliphatic carbocycles. The van der Waals surface area contributed by atoms with Gasteiger partial charge in [-0.3, -0.25) is 0 Å². The van der Waals surface area contributed by atoms with Crippen molar-refractivity contribution in [1.82, 2.24) is 21.3 Å². The third-order valence-electron chi connectivity index (χ3n) is 7.28. The number of hydrogen-bond donors (Lipinski definition) is 4. The lowest BCUT2D eigenvalue weighted by Gasteiger charge is -2.66. The average Bonchev–Trinajstić information content (AvgIpc) is 2.51. The van der Waals surface area contributed by atoms with Crippen LogP contribution >= 0.6 is 0 Å². The van der Waals surface area contributed by atoms with Crippen molar-refractivity contribution in [1.29, 1.82) is 0 Å². The van der Waals surface area contributed by atoms with Gasteiger partial charge < -0.3 is 21.3 Å². The van der Waals surface area contributed by atoms with Gasteiger partial charge in [0, 0.05) is 34.2 Å². The summed E-state index contributed by atoms with van der Waals surface area (Å²) in [6.07, 6.45) is 12.8. The van der Waals surface area contributed by atoms with Gasteiger partial charge in [0.15, 0.2) is 0 Å². The molecular formula is C24H48N4. The Labute approximate surface area is 174 Å². The van der Waals surface area contributed by atoms with E-state index in [1.807, 2.05) is 0 Å². The Morgan fingerprint density at radius 1 is 0.679 bits per heavy atom. The van der Waals surface area contributed by atoms with Crippen LogP contribution in [0.4, 0.5) is 0 Å². The standard InChI is InChI=1S/C24H48N4/c1-7-9-11-25-19-13-21(3,4)27-23(15-19)17-24(18-23)16-20(26-12-10-8-2)14-22(5,6)28-24/h19-20,25-28H,7-18H2,1-6H3. The Balaban J connectivity index is 1.63. The van der Waals surface area contributed by atoms with Crippen LogP contribution in [0.1, 0.15) is 106 Å². The average molecular weight is 393 g/mol. The van der Waals surface area contributed by atoms with Crippen molar-refractivity contribution in [2.45, 2.75) is 140 Å². The minimum Gasteiger partial charge on any atom is -0.314 e. The Kier molecular flexibility index (Phi) is 6.86. The third kappa shape index (κ3) is 5.50. The van der Waals surface area contributed by atoms with Crippen molar-refractivity contribution in [2.24, 2.45) is 0 Å². The molecule has 28 heavy (non-hydrogen) atoms. The second-order valence-electron chi connectivity index (χ2n) is 11.8. The Morgan fingerprint density at radius 3 is 1.43 bits per heavy atom. The monoisotopic (exact) mass is 392 g/mol. The molecule has 2 heterocycles.